The topological polar surface area (TPSA) is 29.1 Å². The Bertz CT molecular complexity index is 476. The Balaban J connectivity index is 2.89. The molecule has 0 fully saturated rings. The first-order chi connectivity index (χ1) is 9.27. The molecule has 1 aromatic carbocycles. The highest BCUT2D eigenvalue weighted by Gasteiger charge is 2.35. The van der Waals surface area contributed by atoms with E-state index >= 15 is 0 Å². The van der Waals surface area contributed by atoms with E-state index < -0.39 is 29.0 Å². The van der Waals surface area contributed by atoms with Crippen LogP contribution in [-0.4, -0.2) is 23.5 Å². The van der Waals surface area contributed by atoms with Crippen LogP contribution >= 0.6 is 11.8 Å². The maximum absolute atomic E-state index is 13.7. The van der Waals surface area contributed by atoms with Crippen molar-refractivity contribution in [2.75, 3.05) is 11.5 Å². The minimum Gasteiger partial charge on any atom is -0.349 e. The third-order valence-electron chi connectivity index (χ3n) is 2.50. The Kier molecular flexibility index (Phi) is 5.86. The summed E-state index contributed by atoms with van der Waals surface area (Å²) in [6, 6.07) is 2.43. The van der Waals surface area contributed by atoms with Gasteiger partial charge in [-0.25, -0.2) is 4.39 Å². The molecule has 0 aliphatic rings. The molecule has 7 heteroatoms. The van der Waals surface area contributed by atoms with Gasteiger partial charge in [0.25, 0.3) is 5.91 Å². The third-order valence-corrected chi connectivity index (χ3v) is 3.64. The molecule has 112 valence electrons. The Labute approximate surface area is 118 Å². The fraction of sp³-hybridized carbons (Fsp3) is 0.462. The Hall–Kier alpha value is -1.24. The van der Waals surface area contributed by atoms with E-state index in [-0.39, 0.29) is 6.04 Å². The number of nitrogens with one attached hydrogen (secondary N) is 1. The van der Waals surface area contributed by atoms with Gasteiger partial charge in [-0.3, -0.25) is 4.79 Å². The summed E-state index contributed by atoms with van der Waals surface area (Å²) < 4.78 is 51.4. The summed E-state index contributed by atoms with van der Waals surface area (Å²) in [7, 11) is 0. The van der Waals surface area contributed by atoms with Crippen LogP contribution in [0.3, 0.4) is 0 Å². The van der Waals surface area contributed by atoms with Crippen LogP contribution in [0, 0.1) is 5.82 Å². The lowest BCUT2D eigenvalue weighted by molar-refractivity contribution is -0.140. The molecule has 0 radical (unpaired) electrons. The zero-order valence-electron chi connectivity index (χ0n) is 11.1. The Morgan fingerprint density at radius 2 is 2.05 bits per heavy atom. The summed E-state index contributed by atoms with van der Waals surface area (Å²) in [5.74, 6) is -0.897. The lowest BCUT2D eigenvalue weighted by atomic mass is 10.1. The highest BCUT2D eigenvalue weighted by molar-refractivity contribution is 7.99. The van der Waals surface area contributed by atoms with Gasteiger partial charge in [-0.15, -0.1) is 0 Å². The first-order valence-corrected chi connectivity index (χ1v) is 7.17. The van der Waals surface area contributed by atoms with E-state index in [0.717, 1.165) is 17.9 Å². The Morgan fingerprint density at radius 1 is 1.40 bits per heavy atom. The number of carbonyl (C=O) groups is 1. The van der Waals surface area contributed by atoms with Gasteiger partial charge >= 0.3 is 6.18 Å². The second-order valence-corrected chi connectivity index (χ2v) is 5.52. The maximum atomic E-state index is 13.7. The zero-order valence-corrected chi connectivity index (χ0v) is 11.9. The predicted octanol–water partition coefficient (Wildman–Crippen LogP) is 3.72. The lowest BCUT2D eigenvalue weighted by Crippen LogP contribution is -2.35. The van der Waals surface area contributed by atoms with E-state index in [9.17, 15) is 22.4 Å². The second-order valence-electron chi connectivity index (χ2n) is 4.20. The SMILES string of the molecule is CCSCC(C)NC(=O)c1cccc(C(F)(F)F)c1F. The van der Waals surface area contributed by atoms with Gasteiger partial charge < -0.3 is 5.32 Å². The van der Waals surface area contributed by atoms with E-state index in [0.29, 0.717) is 11.8 Å². The van der Waals surface area contributed by atoms with Crippen LogP contribution in [0.4, 0.5) is 17.6 Å². The zero-order chi connectivity index (χ0) is 15.3. The van der Waals surface area contributed by atoms with Crippen molar-refractivity contribution in [1.82, 2.24) is 5.32 Å². The van der Waals surface area contributed by atoms with E-state index in [1.165, 1.54) is 0 Å². The van der Waals surface area contributed by atoms with Gasteiger partial charge in [0.2, 0.25) is 0 Å². The van der Waals surface area contributed by atoms with Gasteiger partial charge in [-0.2, -0.15) is 24.9 Å². The third kappa shape index (κ3) is 4.40. The molecule has 1 amide bonds. The van der Waals surface area contributed by atoms with Crippen LogP contribution in [0.2, 0.25) is 0 Å². The number of hydrogen-bond acceptors (Lipinski definition) is 2. The molecule has 2 nitrogen and oxygen atoms in total. The van der Waals surface area contributed by atoms with Crippen LogP contribution in [0.5, 0.6) is 0 Å². The average Bonchev–Trinajstić information content (AvgIpc) is 2.35. The molecule has 1 unspecified atom stereocenters. The molecule has 0 aliphatic carbocycles. The number of benzene rings is 1. The molecular weight excluding hydrogens is 294 g/mol. The van der Waals surface area contributed by atoms with Crippen molar-refractivity contribution in [3.05, 3.63) is 35.1 Å². The van der Waals surface area contributed by atoms with Crippen molar-refractivity contribution in [3.63, 3.8) is 0 Å². The minimum absolute atomic E-state index is 0.249. The normalized spacial score (nSPS) is 13.1. The van der Waals surface area contributed by atoms with Crippen LogP contribution in [0.1, 0.15) is 29.8 Å². The summed E-state index contributed by atoms with van der Waals surface area (Å²) in [5.41, 5.74) is -2.02. The van der Waals surface area contributed by atoms with Crippen LogP contribution in [-0.2, 0) is 6.18 Å². The molecular formula is C13H15F4NOS. The summed E-state index contributed by atoms with van der Waals surface area (Å²) in [6.07, 6.45) is -4.82. The molecule has 20 heavy (non-hydrogen) atoms. The molecule has 0 aromatic heterocycles. The largest absolute Gasteiger partial charge is 0.419 e. The summed E-state index contributed by atoms with van der Waals surface area (Å²) in [4.78, 5) is 11.8. The van der Waals surface area contributed by atoms with Crippen molar-refractivity contribution < 1.29 is 22.4 Å². The molecule has 0 saturated heterocycles. The molecule has 1 aromatic rings. The fourth-order valence-electron chi connectivity index (χ4n) is 1.56. The number of alkyl halides is 3. The summed E-state index contributed by atoms with van der Waals surface area (Å²) >= 11 is 1.58. The fourth-order valence-corrected chi connectivity index (χ4v) is 2.24. The average molecular weight is 309 g/mol. The van der Waals surface area contributed by atoms with Gasteiger partial charge in [0, 0.05) is 11.8 Å². The monoisotopic (exact) mass is 309 g/mol. The number of amides is 1. The van der Waals surface area contributed by atoms with Crippen LogP contribution in [0.15, 0.2) is 18.2 Å². The van der Waals surface area contributed by atoms with Crippen molar-refractivity contribution in [2.45, 2.75) is 26.1 Å². The van der Waals surface area contributed by atoms with Crippen molar-refractivity contribution in [2.24, 2.45) is 0 Å². The first kappa shape index (κ1) is 16.8. The van der Waals surface area contributed by atoms with Crippen molar-refractivity contribution in [3.8, 4) is 0 Å². The molecule has 1 N–H and O–H groups in total. The molecule has 0 bridgehead atoms. The number of hydrogen-bond donors (Lipinski definition) is 1. The quantitative estimate of drug-likeness (QED) is 0.840. The van der Waals surface area contributed by atoms with E-state index in [2.05, 4.69) is 5.32 Å². The van der Waals surface area contributed by atoms with E-state index in [1.54, 1.807) is 18.7 Å². The number of rotatable bonds is 5. The highest BCUT2D eigenvalue weighted by Crippen LogP contribution is 2.32. The standard InChI is InChI=1S/C13H15F4NOS/c1-3-20-7-8(2)18-12(19)9-5-4-6-10(11(9)14)13(15,16)17/h4-6,8H,3,7H2,1-2H3,(H,18,19). The summed E-state index contributed by atoms with van der Waals surface area (Å²) in [6.45, 7) is 3.66. The number of carbonyl (C=O) groups excluding carboxylic acids is 1. The molecule has 0 aliphatic heterocycles. The number of thioether (sulfide) groups is 1. The molecule has 1 atom stereocenters. The Morgan fingerprint density at radius 3 is 2.60 bits per heavy atom. The predicted molar refractivity (Wildman–Crippen MR) is 71.3 cm³/mol. The molecule has 0 spiro atoms. The van der Waals surface area contributed by atoms with Gasteiger partial charge in [-0.05, 0) is 24.8 Å². The van der Waals surface area contributed by atoms with Crippen LogP contribution in [0.25, 0.3) is 0 Å². The summed E-state index contributed by atoms with van der Waals surface area (Å²) in [5, 5.41) is 2.48. The number of halogens is 4. The van der Waals surface area contributed by atoms with Gasteiger partial charge in [0.15, 0.2) is 0 Å². The van der Waals surface area contributed by atoms with Gasteiger partial charge in [0.1, 0.15) is 5.82 Å². The van der Waals surface area contributed by atoms with Gasteiger partial charge in [-0.1, -0.05) is 13.0 Å². The first-order valence-electron chi connectivity index (χ1n) is 6.01. The van der Waals surface area contributed by atoms with E-state index in [4.69, 9.17) is 0 Å². The lowest BCUT2D eigenvalue weighted by Gasteiger charge is -2.15. The van der Waals surface area contributed by atoms with Crippen LogP contribution < -0.4 is 5.32 Å². The van der Waals surface area contributed by atoms with E-state index in [1.807, 2.05) is 6.92 Å². The van der Waals surface area contributed by atoms with Crippen molar-refractivity contribution >= 4 is 17.7 Å². The highest BCUT2D eigenvalue weighted by atomic mass is 32.2. The molecule has 0 heterocycles. The molecule has 0 saturated carbocycles. The van der Waals surface area contributed by atoms with Gasteiger partial charge in [0.05, 0.1) is 11.1 Å². The second kappa shape index (κ2) is 6.97. The molecule has 1 rings (SSSR count). The minimum atomic E-state index is -4.82. The maximum Gasteiger partial charge on any atom is 0.419 e. The smallest absolute Gasteiger partial charge is 0.349 e. The van der Waals surface area contributed by atoms with Crippen molar-refractivity contribution in [1.29, 1.82) is 0 Å².